The Kier molecular flexibility index (Phi) is 5.60. The van der Waals surface area contributed by atoms with Crippen molar-refractivity contribution < 1.29 is 9.59 Å². The van der Waals surface area contributed by atoms with Crippen molar-refractivity contribution >= 4 is 23.2 Å². The third kappa shape index (κ3) is 4.45. The summed E-state index contributed by atoms with van der Waals surface area (Å²) in [4.78, 5) is 27.8. The number of piperidine rings is 1. The van der Waals surface area contributed by atoms with Crippen molar-refractivity contribution in [2.24, 2.45) is 11.7 Å². The summed E-state index contributed by atoms with van der Waals surface area (Å²) in [6.07, 6.45) is 1.70. The lowest BCUT2D eigenvalue weighted by Gasteiger charge is -2.34. The van der Waals surface area contributed by atoms with E-state index >= 15 is 0 Å². The molecule has 0 unspecified atom stereocenters. The number of nitrogens with zero attached hydrogens (tertiary/aromatic N) is 2. The second kappa shape index (κ2) is 7.46. The molecule has 126 valence electrons. The van der Waals surface area contributed by atoms with Gasteiger partial charge in [-0.1, -0.05) is 0 Å². The number of hydrogen-bond donors (Lipinski definition) is 2. The molecule has 6 heteroatoms. The smallest absolute Gasteiger partial charge is 0.241 e. The molecule has 2 amide bonds. The van der Waals surface area contributed by atoms with Gasteiger partial charge in [0.1, 0.15) is 0 Å². The highest BCUT2D eigenvalue weighted by Gasteiger charge is 2.29. The van der Waals surface area contributed by atoms with Crippen LogP contribution in [-0.2, 0) is 9.59 Å². The maximum absolute atomic E-state index is 12.4. The van der Waals surface area contributed by atoms with Crippen LogP contribution in [0.3, 0.4) is 0 Å². The van der Waals surface area contributed by atoms with Crippen molar-refractivity contribution in [1.82, 2.24) is 4.90 Å². The van der Waals surface area contributed by atoms with Gasteiger partial charge in [-0.3, -0.25) is 14.5 Å². The van der Waals surface area contributed by atoms with Crippen LogP contribution in [-0.4, -0.2) is 49.9 Å². The third-order valence-corrected chi connectivity index (χ3v) is 4.43. The molecule has 0 aliphatic carbocycles. The Morgan fingerprint density at radius 3 is 2.52 bits per heavy atom. The van der Waals surface area contributed by atoms with Crippen molar-refractivity contribution in [3.8, 4) is 0 Å². The summed E-state index contributed by atoms with van der Waals surface area (Å²) < 4.78 is 0. The summed E-state index contributed by atoms with van der Waals surface area (Å²) in [7, 11) is 3.95. The van der Waals surface area contributed by atoms with Crippen LogP contribution < -0.4 is 16.0 Å². The molecular weight excluding hydrogens is 292 g/mol. The average Bonchev–Trinajstić information content (AvgIpc) is 2.54. The van der Waals surface area contributed by atoms with Crippen LogP contribution in [0.15, 0.2) is 24.3 Å². The Hall–Kier alpha value is -2.08. The van der Waals surface area contributed by atoms with Gasteiger partial charge >= 0.3 is 0 Å². The maximum Gasteiger partial charge on any atom is 0.241 e. The first-order valence-electron chi connectivity index (χ1n) is 8.00. The minimum atomic E-state index is -0.286. The lowest BCUT2D eigenvalue weighted by molar-refractivity contribution is -0.127. The molecule has 1 aliphatic heterocycles. The van der Waals surface area contributed by atoms with Gasteiger partial charge in [0, 0.05) is 32.0 Å². The molecule has 0 saturated carbocycles. The molecule has 1 fully saturated rings. The summed E-state index contributed by atoms with van der Waals surface area (Å²) in [5.41, 5.74) is 7.25. The van der Waals surface area contributed by atoms with Gasteiger partial charge in [0.05, 0.1) is 12.0 Å². The Bertz CT molecular complexity index is 556. The summed E-state index contributed by atoms with van der Waals surface area (Å²) >= 11 is 0. The number of rotatable bonds is 5. The fourth-order valence-electron chi connectivity index (χ4n) is 2.85. The molecule has 2 atom stereocenters. The molecule has 1 aromatic carbocycles. The second-order valence-electron chi connectivity index (χ2n) is 6.34. The summed E-state index contributed by atoms with van der Waals surface area (Å²) in [5, 5.41) is 2.93. The predicted octanol–water partition coefficient (Wildman–Crippen LogP) is 1.28. The van der Waals surface area contributed by atoms with Crippen LogP contribution in [0.25, 0.3) is 0 Å². The Balaban J connectivity index is 1.95. The minimum absolute atomic E-state index is 0.0623. The lowest BCUT2D eigenvalue weighted by Crippen LogP contribution is -2.49. The van der Waals surface area contributed by atoms with E-state index in [1.807, 2.05) is 55.1 Å². The molecule has 3 N–H and O–H groups in total. The molecular formula is C17H26N4O2. The van der Waals surface area contributed by atoms with E-state index in [2.05, 4.69) is 5.32 Å². The van der Waals surface area contributed by atoms with Gasteiger partial charge in [-0.05, 0) is 50.6 Å². The van der Waals surface area contributed by atoms with Gasteiger partial charge in [0.25, 0.3) is 0 Å². The van der Waals surface area contributed by atoms with Gasteiger partial charge in [-0.25, -0.2) is 0 Å². The van der Waals surface area contributed by atoms with Crippen LogP contribution >= 0.6 is 0 Å². The van der Waals surface area contributed by atoms with E-state index in [1.54, 1.807) is 0 Å². The van der Waals surface area contributed by atoms with E-state index in [-0.39, 0.29) is 23.8 Å². The van der Waals surface area contributed by atoms with Crippen molar-refractivity contribution in [2.45, 2.75) is 25.8 Å². The quantitative estimate of drug-likeness (QED) is 0.857. The lowest BCUT2D eigenvalue weighted by atomic mass is 9.96. The molecule has 1 aliphatic rings. The van der Waals surface area contributed by atoms with Crippen LogP contribution in [0.2, 0.25) is 0 Å². The van der Waals surface area contributed by atoms with Gasteiger partial charge in [-0.15, -0.1) is 0 Å². The number of hydrogen-bond acceptors (Lipinski definition) is 4. The van der Waals surface area contributed by atoms with E-state index < -0.39 is 0 Å². The number of nitrogens with two attached hydrogens (primary N) is 1. The van der Waals surface area contributed by atoms with Gasteiger partial charge < -0.3 is 16.0 Å². The molecule has 0 spiro atoms. The molecule has 0 bridgehead atoms. The summed E-state index contributed by atoms with van der Waals surface area (Å²) in [6, 6.07) is 7.42. The Labute approximate surface area is 137 Å². The zero-order valence-corrected chi connectivity index (χ0v) is 14.1. The molecule has 1 aromatic rings. The fraction of sp³-hybridized carbons (Fsp3) is 0.529. The normalized spacial score (nSPS) is 19.9. The molecule has 6 nitrogen and oxygen atoms in total. The number of carbonyl (C=O) groups excluding carboxylic acids is 2. The third-order valence-electron chi connectivity index (χ3n) is 4.43. The standard InChI is InChI=1S/C17H26N4O2/c1-12(21-10-4-5-13(11-21)16(18)22)17(23)19-14-6-8-15(9-7-14)20(2)3/h6-9,12-13H,4-5,10-11H2,1-3H3,(H2,18,22)(H,19,23)/t12-,13-/m0/s1. The van der Waals surface area contributed by atoms with E-state index in [0.29, 0.717) is 6.54 Å². The van der Waals surface area contributed by atoms with Crippen molar-refractivity contribution in [3.05, 3.63) is 24.3 Å². The molecule has 0 aromatic heterocycles. The van der Waals surface area contributed by atoms with Gasteiger partial charge in [-0.2, -0.15) is 0 Å². The number of amides is 2. The number of carbonyl (C=O) groups is 2. The number of likely N-dealkylation sites (tertiary alicyclic amines) is 1. The van der Waals surface area contributed by atoms with Crippen molar-refractivity contribution in [1.29, 1.82) is 0 Å². The first kappa shape index (κ1) is 17.3. The largest absolute Gasteiger partial charge is 0.378 e. The van der Waals surface area contributed by atoms with E-state index in [4.69, 9.17) is 5.73 Å². The summed E-state index contributed by atoms with van der Waals surface area (Å²) in [6.45, 7) is 3.24. The highest BCUT2D eigenvalue weighted by molar-refractivity contribution is 5.94. The highest BCUT2D eigenvalue weighted by atomic mass is 16.2. The number of anilines is 2. The van der Waals surface area contributed by atoms with E-state index in [0.717, 1.165) is 30.8 Å². The monoisotopic (exact) mass is 318 g/mol. The SMILES string of the molecule is C[C@@H](C(=O)Nc1ccc(N(C)C)cc1)N1CCC[C@H](C(N)=O)C1. The number of primary amides is 1. The minimum Gasteiger partial charge on any atom is -0.378 e. The average molecular weight is 318 g/mol. The Morgan fingerprint density at radius 2 is 1.96 bits per heavy atom. The van der Waals surface area contributed by atoms with E-state index in [1.165, 1.54) is 0 Å². The zero-order valence-electron chi connectivity index (χ0n) is 14.1. The molecule has 0 radical (unpaired) electrons. The van der Waals surface area contributed by atoms with Gasteiger partial charge in [0.2, 0.25) is 11.8 Å². The first-order valence-corrected chi connectivity index (χ1v) is 8.00. The van der Waals surface area contributed by atoms with Gasteiger partial charge in [0.15, 0.2) is 0 Å². The molecule has 2 rings (SSSR count). The number of benzene rings is 1. The van der Waals surface area contributed by atoms with Crippen LogP contribution in [0.4, 0.5) is 11.4 Å². The van der Waals surface area contributed by atoms with Crippen LogP contribution in [0, 0.1) is 5.92 Å². The summed E-state index contributed by atoms with van der Waals surface area (Å²) in [5.74, 6) is -0.493. The van der Waals surface area contributed by atoms with Crippen molar-refractivity contribution in [3.63, 3.8) is 0 Å². The fourth-order valence-corrected chi connectivity index (χ4v) is 2.85. The molecule has 23 heavy (non-hydrogen) atoms. The second-order valence-corrected chi connectivity index (χ2v) is 6.34. The molecule has 1 saturated heterocycles. The van der Waals surface area contributed by atoms with E-state index in [9.17, 15) is 9.59 Å². The maximum atomic E-state index is 12.4. The topological polar surface area (TPSA) is 78.7 Å². The first-order chi connectivity index (χ1) is 10.9. The zero-order chi connectivity index (χ0) is 17.0. The van der Waals surface area contributed by atoms with Crippen molar-refractivity contribution in [2.75, 3.05) is 37.4 Å². The van der Waals surface area contributed by atoms with Crippen LogP contribution in [0.5, 0.6) is 0 Å². The van der Waals surface area contributed by atoms with Crippen LogP contribution in [0.1, 0.15) is 19.8 Å². The molecule has 1 heterocycles. The Morgan fingerprint density at radius 1 is 1.30 bits per heavy atom. The highest BCUT2D eigenvalue weighted by Crippen LogP contribution is 2.20. The predicted molar refractivity (Wildman–Crippen MR) is 92.4 cm³/mol. The number of nitrogens with one attached hydrogen (secondary N) is 1.